The number of amides is 1. The lowest BCUT2D eigenvalue weighted by Crippen LogP contribution is -2.32. The molecule has 0 saturated heterocycles. The van der Waals surface area contributed by atoms with Crippen molar-refractivity contribution in [3.05, 3.63) is 41.2 Å². The van der Waals surface area contributed by atoms with Crippen molar-refractivity contribution in [1.29, 1.82) is 0 Å². The lowest BCUT2D eigenvalue weighted by atomic mass is 10.2. The van der Waals surface area contributed by atoms with Gasteiger partial charge in [-0.05, 0) is 31.5 Å². The van der Waals surface area contributed by atoms with Crippen molar-refractivity contribution >= 4 is 11.6 Å². The molecule has 0 unspecified atom stereocenters. The Labute approximate surface area is 90.1 Å². The summed E-state index contributed by atoms with van der Waals surface area (Å²) in [6.45, 7) is 11.1. The summed E-state index contributed by atoms with van der Waals surface area (Å²) >= 11 is 0. The highest BCUT2D eigenvalue weighted by atomic mass is 16.2. The summed E-state index contributed by atoms with van der Waals surface area (Å²) in [5.74, 6) is -0.141. The van der Waals surface area contributed by atoms with Gasteiger partial charge in [0.25, 0.3) is 6.54 Å². The molecule has 0 bridgehead atoms. The topological polar surface area (TPSA) is 24.7 Å². The molecule has 0 aliphatic heterocycles. The third-order valence-electron chi connectivity index (χ3n) is 2.14. The van der Waals surface area contributed by atoms with E-state index in [-0.39, 0.29) is 12.5 Å². The number of benzene rings is 1. The van der Waals surface area contributed by atoms with Crippen LogP contribution in [0.25, 0.3) is 4.85 Å². The molecule has 0 heterocycles. The molecule has 15 heavy (non-hydrogen) atoms. The van der Waals surface area contributed by atoms with E-state index in [9.17, 15) is 4.79 Å². The van der Waals surface area contributed by atoms with Crippen molar-refractivity contribution in [2.45, 2.75) is 13.8 Å². The highest BCUT2D eigenvalue weighted by molar-refractivity contribution is 5.95. The van der Waals surface area contributed by atoms with Crippen molar-refractivity contribution in [2.24, 2.45) is 0 Å². The third-order valence-corrected chi connectivity index (χ3v) is 2.14. The second kappa shape index (κ2) is 5.16. The second-order valence-corrected chi connectivity index (χ2v) is 3.29. The van der Waals surface area contributed by atoms with Gasteiger partial charge >= 0.3 is 5.91 Å². The van der Waals surface area contributed by atoms with Crippen molar-refractivity contribution < 1.29 is 4.79 Å². The fourth-order valence-corrected chi connectivity index (χ4v) is 1.45. The van der Waals surface area contributed by atoms with Gasteiger partial charge in [0.1, 0.15) is 0 Å². The van der Waals surface area contributed by atoms with Crippen LogP contribution in [0.2, 0.25) is 0 Å². The van der Waals surface area contributed by atoms with Crippen LogP contribution in [0.15, 0.2) is 24.3 Å². The maximum Gasteiger partial charge on any atom is 0.307 e. The van der Waals surface area contributed by atoms with E-state index in [1.54, 1.807) is 4.90 Å². The smallest absolute Gasteiger partial charge is 0.306 e. The molecule has 0 N–H and O–H groups in total. The molecule has 78 valence electrons. The van der Waals surface area contributed by atoms with E-state index in [0.29, 0.717) is 6.54 Å². The van der Waals surface area contributed by atoms with Crippen LogP contribution in [-0.4, -0.2) is 19.0 Å². The molecule has 0 aromatic heterocycles. The van der Waals surface area contributed by atoms with Gasteiger partial charge in [0.05, 0.1) is 0 Å². The second-order valence-electron chi connectivity index (χ2n) is 3.29. The number of rotatable bonds is 3. The SMILES string of the molecule is [C-]#[N+]CC(=O)N(CC)c1cccc(C)c1. The molecule has 1 rings (SSSR count). The lowest BCUT2D eigenvalue weighted by molar-refractivity contribution is -0.116. The zero-order valence-corrected chi connectivity index (χ0v) is 9.03. The predicted molar refractivity (Wildman–Crippen MR) is 60.7 cm³/mol. The van der Waals surface area contributed by atoms with Gasteiger partial charge in [0.2, 0.25) is 0 Å². The van der Waals surface area contributed by atoms with Crippen LogP contribution in [0, 0.1) is 13.5 Å². The van der Waals surface area contributed by atoms with Crippen LogP contribution in [0.3, 0.4) is 0 Å². The van der Waals surface area contributed by atoms with Crippen LogP contribution >= 0.6 is 0 Å². The van der Waals surface area contributed by atoms with Gasteiger partial charge in [-0.25, -0.2) is 6.57 Å². The molecule has 3 nitrogen and oxygen atoms in total. The Balaban J connectivity index is 2.93. The molecule has 0 spiro atoms. The van der Waals surface area contributed by atoms with E-state index >= 15 is 0 Å². The van der Waals surface area contributed by atoms with Crippen LogP contribution in [0.1, 0.15) is 12.5 Å². The largest absolute Gasteiger partial charge is 0.307 e. The summed E-state index contributed by atoms with van der Waals surface area (Å²) < 4.78 is 0. The summed E-state index contributed by atoms with van der Waals surface area (Å²) in [6, 6.07) is 7.73. The van der Waals surface area contributed by atoms with Crippen molar-refractivity contribution in [3.8, 4) is 0 Å². The molecule has 1 aromatic rings. The van der Waals surface area contributed by atoms with E-state index in [1.165, 1.54) is 0 Å². The molecule has 0 saturated carbocycles. The van der Waals surface area contributed by atoms with Crippen LogP contribution < -0.4 is 4.90 Å². The summed E-state index contributed by atoms with van der Waals surface area (Å²) in [5, 5.41) is 0. The molecule has 0 fully saturated rings. The molecular weight excluding hydrogens is 188 g/mol. The Morgan fingerprint density at radius 1 is 1.53 bits per heavy atom. The normalized spacial score (nSPS) is 9.40. The molecule has 0 atom stereocenters. The van der Waals surface area contributed by atoms with E-state index in [0.717, 1.165) is 11.3 Å². The molecule has 0 aliphatic carbocycles. The number of hydrogen-bond acceptors (Lipinski definition) is 1. The average Bonchev–Trinajstić information content (AvgIpc) is 2.19. The first-order valence-electron chi connectivity index (χ1n) is 4.89. The van der Waals surface area contributed by atoms with E-state index < -0.39 is 0 Å². The highest BCUT2D eigenvalue weighted by Crippen LogP contribution is 2.15. The summed E-state index contributed by atoms with van der Waals surface area (Å²) in [4.78, 5) is 16.3. The fourth-order valence-electron chi connectivity index (χ4n) is 1.45. The Hall–Kier alpha value is -1.82. The number of hydrogen-bond donors (Lipinski definition) is 0. The maximum atomic E-state index is 11.6. The molecule has 0 aliphatic rings. The minimum atomic E-state index is -0.141. The summed E-state index contributed by atoms with van der Waals surface area (Å²) in [6.07, 6.45) is 0. The molecule has 0 radical (unpaired) electrons. The van der Waals surface area contributed by atoms with Crippen molar-refractivity contribution in [3.63, 3.8) is 0 Å². The Kier molecular flexibility index (Phi) is 3.87. The van der Waals surface area contributed by atoms with Crippen LogP contribution in [0.4, 0.5) is 5.69 Å². The minimum Gasteiger partial charge on any atom is -0.306 e. The quantitative estimate of drug-likeness (QED) is 0.690. The first kappa shape index (κ1) is 11.3. The first-order valence-corrected chi connectivity index (χ1v) is 4.89. The van der Waals surface area contributed by atoms with Crippen LogP contribution in [-0.2, 0) is 4.79 Å². The van der Waals surface area contributed by atoms with E-state index in [4.69, 9.17) is 6.57 Å². The van der Waals surface area contributed by atoms with Gasteiger partial charge in [0, 0.05) is 12.2 Å². The zero-order valence-electron chi connectivity index (χ0n) is 9.03. The minimum absolute atomic E-state index is 0.0816. The Morgan fingerprint density at radius 2 is 2.27 bits per heavy atom. The van der Waals surface area contributed by atoms with Gasteiger partial charge < -0.3 is 9.74 Å². The molecular formula is C12H14N2O. The third kappa shape index (κ3) is 2.81. The number of carbonyl (C=O) groups is 1. The van der Waals surface area contributed by atoms with E-state index in [1.807, 2.05) is 38.1 Å². The van der Waals surface area contributed by atoms with Gasteiger partial charge in [0.15, 0.2) is 0 Å². The number of nitrogens with zero attached hydrogens (tertiary/aromatic N) is 2. The predicted octanol–water partition coefficient (Wildman–Crippen LogP) is 2.27. The van der Waals surface area contributed by atoms with Gasteiger partial charge in [-0.1, -0.05) is 12.1 Å². The number of aryl methyl sites for hydroxylation is 1. The van der Waals surface area contributed by atoms with Crippen molar-refractivity contribution in [1.82, 2.24) is 0 Å². The molecule has 3 heteroatoms. The molecule has 1 aromatic carbocycles. The molecule has 1 amide bonds. The van der Waals surface area contributed by atoms with Crippen molar-refractivity contribution in [2.75, 3.05) is 18.0 Å². The van der Waals surface area contributed by atoms with Gasteiger partial charge in [-0.2, -0.15) is 0 Å². The fraction of sp³-hybridized carbons (Fsp3) is 0.333. The van der Waals surface area contributed by atoms with Gasteiger partial charge in [-0.15, -0.1) is 0 Å². The monoisotopic (exact) mass is 202 g/mol. The average molecular weight is 202 g/mol. The highest BCUT2D eigenvalue weighted by Gasteiger charge is 2.15. The van der Waals surface area contributed by atoms with Crippen LogP contribution in [0.5, 0.6) is 0 Å². The standard InChI is InChI=1S/C12H14N2O/c1-4-14(12(15)9-13-3)11-7-5-6-10(2)8-11/h5-8H,4,9H2,1-2H3. The lowest BCUT2D eigenvalue weighted by Gasteiger charge is -2.18. The summed E-state index contributed by atoms with van der Waals surface area (Å²) in [5.41, 5.74) is 1.98. The van der Waals surface area contributed by atoms with Gasteiger partial charge in [-0.3, -0.25) is 4.79 Å². The number of carbonyl (C=O) groups excluding carboxylic acids is 1. The first-order chi connectivity index (χ1) is 7.19. The number of anilines is 1. The number of likely N-dealkylation sites (N-methyl/N-ethyl adjacent to an activating group) is 1. The Bertz CT molecular complexity index is 393. The maximum absolute atomic E-state index is 11.6. The zero-order chi connectivity index (χ0) is 11.3. The van der Waals surface area contributed by atoms with E-state index in [2.05, 4.69) is 4.85 Å². The summed E-state index contributed by atoms with van der Waals surface area (Å²) in [7, 11) is 0. The Morgan fingerprint density at radius 3 is 2.80 bits per heavy atom.